The quantitative estimate of drug-likeness (QED) is 0.372. The number of halogens is 1. The molecule has 192 valence electrons. The van der Waals surface area contributed by atoms with Gasteiger partial charge < -0.3 is 10.2 Å². The van der Waals surface area contributed by atoms with E-state index < -0.39 is 28.5 Å². The summed E-state index contributed by atoms with van der Waals surface area (Å²) < 4.78 is 27.6. The molecule has 3 rings (SSSR count). The van der Waals surface area contributed by atoms with Gasteiger partial charge in [-0.3, -0.25) is 9.59 Å². The molecule has 0 aliphatic carbocycles. The number of carbonyl (C=O) groups excluding carboxylic acids is 2. The number of nitrogens with zero attached hydrogens (tertiary/aromatic N) is 2. The summed E-state index contributed by atoms with van der Waals surface area (Å²) in [6, 6.07) is 18.6. The molecule has 0 aromatic heterocycles. The Morgan fingerprint density at radius 1 is 1.00 bits per heavy atom. The van der Waals surface area contributed by atoms with Crippen LogP contribution < -0.4 is 5.32 Å². The maximum absolute atomic E-state index is 13.4. The zero-order chi connectivity index (χ0) is 26.3. The van der Waals surface area contributed by atoms with E-state index in [1.807, 2.05) is 31.2 Å². The Kier molecular flexibility index (Phi) is 9.48. The summed E-state index contributed by atoms with van der Waals surface area (Å²) >= 11 is 6.32. The first kappa shape index (κ1) is 27.6. The predicted octanol–water partition coefficient (Wildman–Crippen LogP) is 4.45. The van der Waals surface area contributed by atoms with Crippen LogP contribution in [0.25, 0.3) is 10.8 Å². The molecular weight excluding hydrogens is 498 g/mol. The highest BCUT2D eigenvalue weighted by molar-refractivity contribution is 7.89. The number of benzene rings is 3. The molecule has 3 aromatic carbocycles. The minimum atomic E-state index is -3.94. The van der Waals surface area contributed by atoms with Crippen LogP contribution in [0.4, 0.5) is 0 Å². The Morgan fingerprint density at radius 2 is 1.67 bits per heavy atom. The smallest absolute Gasteiger partial charge is 0.243 e. The minimum absolute atomic E-state index is 0.0741. The van der Waals surface area contributed by atoms with E-state index in [9.17, 15) is 18.0 Å². The molecule has 7 nitrogen and oxygen atoms in total. The fourth-order valence-corrected chi connectivity index (χ4v) is 5.15. The second-order valence-electron chi connectivity index (χ2n) is 8.70. The minimum Gasteiger partial charge on any atom is -0.354 e. The number of carbonyl (C=O) groups is 2. The second-order valence-corrected chi connectivity index (χ2v) is 11.2. The van der Waals surface area contributed by atoms with Gasteiger partial charge >= 0.3 is 0 Å². The van der Waals surface area contributed by atoms with E-state index >= 15 is 0 Å². The molecular formula is C27H32ClN3O4S. The maximum Gasteiger partial charge on any atom is 0.243 e. The monoisotopic (exact) mass is 529 g/mol. The van der Waals surface area contributed by atoms with Crippen LogP contribution in [-0.2, 0) is 26.2 Å². The Labute approximate surface area is 218 Å². The van der Waals surface area contributed by atoms with Gasteiger partial charge in [-0.15, -0.1) is 0 Å². The number of hydrogen-bond donors (Lipinski definition) is 1. The van der Waals surface area contributed by atoms with E-state index in [2.05, 4.69) is 5.32 Å². The molecule has 0 fully saturated rings. The molecule has 0 unspecified atom stereocenters. The molecule has 2 amide bonds. The van der Waals surface area contributed by atoms with Gasteiger partial charge in [0, 0.05) is 25.2 Å². The summed E-state index contributed by atoms with van der Waals surface area (Å²) in [6.45, 7) is 3.81. The van der Waals surface area contributed by atoms with Crippen LogP contribution in [0.15, 0.2) is 71.6 Å². The number of rotatable bonds is 11. The van der Waals surface area contributed by atoms with Crippen molar-refractivity contribution in [3.8, 4) is 0 Å². The van der Waals surface area contributed by atoms with E-state index in [0.717, 1.165) is 27.9 Å². The Bertz CT molecular complexity index is 1330. The van der Waals surface area contributed by atoms with E-state index in [4.69, 9.17) is 11.6 Å². The van der Waals surface area contributed by atoms with Crippen LogP contribution in [0.3, 0.4) is 0 Å². The van der Waals surface area contributed by atoms with Crippen LogP contribution >= 0.6 is 11.6 Å². The Morgan fingerprint density at radius 3 is 2.36 bits per heavy atom. The van der Waals surface area contributed by atoms with Gasteiger partial charge in [-0.25, -0.2) is 8.42 Å². The lowest BCUT2D eigenvalue weighted by Gasteiger charge is -2.30. The number of nitrogens with one attached hydrogen (secondary N) is 1. The van der Waals surface area contributed by atoms with Crippen molar-refractivity contribution in [3.63, 3.8) is 0 Å². The fraction of sp³-hybridized carbons (Fsp3) is 0.333. The van der Waals surface area contributed by atoms with E-state index in [1.165, 1.54) is 18.0 Å². The Balaban J connectivity index is 1.83. The van der Waals surface area contributed by atoms with Gasteiger partial charge in [0.05, 0.1) is 11.4 Å². The first-order valence-electron chi connectivity index (χ1n) is 11.9. The largest absolute Gasteiger partial charge is 0.354 e. The van der Waals surface area contributed by atoms with E-state index in [-0.39, 0.29) is 17.3 Å². The van der Waals surface area contributed by atoms with Crippen molar-refractivity contribution in [1.29, 1.82) is 0 Å². The van der Waals surface area contributed by atoms with Gasteiger partial charge in [0.2, 0.25) is 21.8 Å². The SMILES string of the molecule is CCCCNC(=O)[C@H](C)N(Cc1ccccc1Cl)C(=O)CN(C)S(=O)(=O)c1ccc2ccccc2c1. The van der Waals surface area contributed by atoms with Crippen LogP contribution in [0, 0.1) is 0 Å². The number of sulfonamides is 1. The zero-order valence-corrected chi connectivity index (χ0v) is 22.3. The average molecular weight is 530 g/mol. The second kappa shape index (κ2) is 12.3. The first-order chi connectivity index (χ1) is 17.1. The van der Waals surface area contributed by atoms with Crippen molar-refractivity contribution in [1.82, 2.24) is 14.5 Å². The average Bonchev–Trinajstić information content (AvgIpc) is 2.87. The number of amides is 2. The summed E-state index contributed by atoms with van der Waals surface area (Å²) in [4.78, 5) is 27.7. The van der Waals surface area contributed by atoms with Crippen LogP contribution in [0.1, 0.15) is 32.3 Å². The molecule has 0 aliphatic heterocycles. The summed E-state index contributed by atoms with van der Waals surface area (Å²) in [5.41, 5.74) is 0.667. The summed E-state index contributed by atoms with van der Waals surface area (Å²) in [5, 5.41) is 5.02. The van der Waals surface area contributed by atoms with Crippen LogP contribution in [0.5, 0.6) is 0 Å². The van der Waals surface area contributed by atoms with E-state index in [0.29, 0.717) is 17.1 Å². The molecule has 0 spiro atoms. The van der Waals surface area contributed by atoms with Crippen molar-refractivity contribution < 1.29 is 18.0 Å². The molecule has 3 aromatic rings. The standard InChI is InChI=1S/C27H32ClN3O4S/c1-4-5-16-29-27(33)20(2)31(18-23-12-8-9-13-25(23)28)26(32)19-30(3)36(34,35)24-15-14-21-10-6-7-11-22(21)17-24/h6-15,17,20H,4-5,16,18-19H2,1-3H3,(H,29,33)/t20-/m0/s1. The van der Waals surface area contributed by atoms with Crippen molar-refractivity contribution in [2.24, 2.45) is 0 Å². The normalized spacial score (nSPS) is 12.5. The highest BCUT2D eigenvalue weighted by Gasteiger charge is 2.30. The topological polar surface area (TPSA) is 86.8 Å². The molecule has 0 heterocycles. The molecule has 1 N–H and O–H groups in total. The van der Waals surface area contributed by atoms with Crippen molar-refractivity contribution >= 4 is 44.2 Å². The molecule has 0 saturated carbocycles. The molecule has 36 heavy (non-hydrogen) atoms. The lowest BCUT2D eigenvalue weighted by molar-refractivity contribution is -0.140. The van der Waals surface area contributed by atoms with Crippen molar-refractivity contribution in [2.45, 2.75) is 44.2 Å². The molecule has 9 heteroatoms. The maximum atomic E-state index is 13.4. The summed E-state index contributed by atoms with van der Waals surface area (Å²) in [6.07, 6.45) is 1.75. The van der Waals surface area contributed by atoms with Gasteiger partial charge in [0.15, 0.2) is 0 Å². The van der Waals surface area contributed by atoms with Gasteiger partial charge in [0.25, 0.3) is 0 Å². The van der Waals surface area contributed by atoms with Gasteiger partial charge in [-0.05, 0) is 47.9 Å². The lowest BCUT2D eigenvalue weighted by atomic mass is 10.1. The Hall–Kier alpha value is -2.94. The molecule has 0 radical (unpaired) electrons. The molecule has 1 atom stereocenters. The number of fused-ring (bicyclic) bond motifs is 1. The number of hydrogen-bond acceptors (Lipinski definition) is 4. The number of unbranched alkanes of at least 4 members (excludes halogenated alkanes) is 1. The van der Waals surface area contributed by atoms with Crippen molar-refractivity contribution in [3.05, 3.63) is 77.3 Å². The summed E-state index contributed by atoms with van der Waals surface area (Å²) in [5.74, 6) is -0.802. The third-order valence-electron chi connectivity index (χ3n) is 6.08. The fourth-order valence-electron chi connectivity index (χ4n) is 3.80. The number of likely N-dealkylation sites (N-methyl/N-ethyl adjacent to an activating group) is 1. The first-order valence-corrected chi connectivity index (χ1v) is 13.7. The molecule has 0 bridgehead atoms. The molecule has 0 aliphatic rings. The predicted molar refractivity (Wildman–Crippen MR) is 143 cm³/mol. The van der Waals surface area contributed by atoms with Gasteiger partial charge in [-0.2, -0.15) is 4.31 Å². The zero-order valence-electron chi connectivity index (χ0n) is 20.8. The summed E-state index contributed by atoms with van der Waals surface area (Å²) in [7, 11) is -2.58. The third-order valence-corrected chi connectivity index (χ3v) is 8.25. The van der Waals surface area contributed by atoms with Crippen LogP contribution in [0.2, 0.25) is 5.02 Å². The van der Waals surface area contributed by atoms with Gasteiger partial charge in [0.1, 0.15) is 6.04 Å². The highest BCUT2D eigenvalue weighted by atomic mass is 35.5. The van der Waals surface area contributed by atoms with Crippen LogP contribution in [-0.4, -0.2) is 55.6 Å². The molecule has 0 saturated heterocycles. The highest BCUT2D eigenvalue weighted by Crippen LogP contribution is 2.22. The lowest BCUT2D eigenvalue weighted by Crippen LogP contribution is -2.50. The van der Waals surface area contributed by atoms with Gasteiger partial charge in [-0.1, -0.05) is 73.5 Å². The van der Waals surface area contributed by atoms with E-state index in [1.54, 1.807) is 43.3 Å². The van der Waals surface area contributed by atoms with Crippen molar-refractivity contribution in [2.75, 3.05) is 20.1 Å². The third kappa shape index (κ3) is 6.63.